The van der Waals surface area contributed by atoms with Crippen LogP contribution < -0.4 is 9.30 Å². The Morgan fingerprint density at radius 2 is 1.04 bits per heavy atom. The van der Waals surface area contributed by atoms with Crippen molar-refractivity contribution in [3.63, 3.8) is 0 Å². The Morgan fingerprint density at radius 3 is 1.73 bits per heavy atom. The summed E-state index contributed by atoms with van der Waals surface area (Å²) in [5.74, 6) is 1.31. The number of hydrogen-bond donors (Lipinski definition) is 0. The van der Waals surface area contributed by atoms with E-state index in [1.54, 1.807) is 54.7 Å². The summed E-state index contributed by atoms with van der Waals surface area (Å²) in [5, 5.41) is 1.85. The number of nitrogens with zero attached hydrogens (tertiary/aromatic N) is 4. The van der Waals surface area contributed by atoms with Gasteiger partial charge >= 0.3 is 0 Å². The van der Waals surface area contributed by atoms with E-state index in [1.807, 2.05) is 48.5 Å². The molecule has 5 heteroatoms. The van der Waals surface area contributed by atoms with Gasteiger partial charge in [0.25, 0.3) is 6.33 Å². The van der Waals surface area contributed by atoms with E-state index in [0.717, 1.165) is 33.4 Å². The van der Waals surface area contributed by atoms with Crippen molar-refractivity contribution in [3.05, 3.63) is 296 Å². The zero-order chi connectivity index (χ0) is 78.8. The third kappa shape index (κ3) is 9.42. The number of fused-ring (bicyclic) bond motifs is 4. The van der Waals surface area contributed by atoms with Crippen molar-refractivity contribution < 1.29 is 46.3 Å². The molecule has 0 bridgehead atoms. The molecule has 0 saturated carbocycles. The molecule has 0 N–H and O–H groups in total. The number of aromatic nitrogens is 4. The van der Waals surface area contributed by atoms with Gasteiger partial charge in [0, 0.05) is 23.0 Å². The van der Waals surface area contributed by atoms with Gasteiger partial charge in [-0.3, -0.25) is 13.7 Å². The first-order valence-corrected chi connectivity index (χ1v) is 25.9. The van der Waals surface area contributed by atoms with Crippen LogP contribution in [0.2, 0.25) is 0 Å². The van der Waals surface area contributed by atoms with Gasteiger partial charge < -0.3 is 4.74 Å². The van der Waals surface area contributed by atoms with Gasteiger partial charge in [0.1, 0.15) is 17.3 Å². The van der Waals surface area contributed by atoms with Gasteiger partial charge in [0.15, 0.2) is 0 Å². The zero-order valence-electron chi connectivity index (χ0n) is 71.2. The molecule has 82 heavy (non-hydrogen) atoms. The number of hydrogen-bond acceptors (Lipinski definition) is 2. The second-order valence-electron chi connectivity index (χ2n) is 20.1. The van der Waals surface area contributed by atoms with E-state index in [1.165, 1.54) is 22.1 Å². The molecule has 0 unspecified atom stereocenters. The number of rotatable bonds is 11. The molecule has 3 aromatic heterocycles. The quantitative estimate of drug-likeness (QED) is 0.0956. The molecule has 14 rings (SSSR count). The van der Waals surface area contributed by atoms with Gasteiger partial charge in [0.2, 0.25) is 0 Å². The third-order valence-electron chi connectivity index (χ3n) is 13.8. The summed E-state index contributed by atoms with van der Waals surface area (Å²) in [6, 6.07) is 5.95. The standard InChI is InChI=1S/C77H58N4O/c1-52-34-36-56(37-35-52)60-43-59(55-24-12-7-13-25-55)46-62(47-60)68-30-19-29-67(61-44-57(53-20-8-5-9-21-53)42-58(45-61)54-22-10-6-11-23-54)76(68)80-51-79(72-32-16-17-33-73(72)80)64-26-18-27-65(49-64)82-66-38-39-70-69-28-14-15-31-71(69)81(74(70)50-66)75-48-63(40-41-78-75)77(2,3)4/h5-50H,1-4H3/i5D,6D,7D,8D,9D,10D,11D,12D,13D,19D,20D,21D,22D,23D,24D,25D,29D,30D,34D,35D,36D,37D,42D,43D,44D,46D,47D. The molecular formula is C77H58N4O. The Hall–Kier alpha value is -10.4. The minimum Gasteiger partial charge on any atom is -0.458 e. The molecule has 3 heterocycles. The first-order valence-electron chi connectivity index (χ1n) is 39.4. The number of imidazole rings is 1. The summed E-state index contributed by atoms with van der Waals surface area (Å²) in [4.78, 5) is 4.82. The Labute approximate surface area is 516 Å². The lowest BCUT2D eigenvalue weighted by Crippen LogP contribution is -2.31. The summed E-state index contributed by atoms with van der Waals surface area (Å²) >= 11 is 0. The molecule has 0 aliphatic heterocycles. The summed E-state index contributed by atoms with van der Waals surface area (Å²) in [7, 11) is 0. The van der Waals surface area contributed by atoms with Crippen LogP contribution in [0.4, 0.5) is 0 Å². The van der Waals surface area contributed by atoms with E-state index >= 15 is 0 Å². The zero-order valence-corrected chi connectivity index (χ0v) is 44.2. The van der Waals surface area contributed by atoms with Crippen LogP contribution in [0.1, 0.15) is 68.9 Å². The predicted octanol–water partition coefficient (Wildman–Crippen LogP) is 19.6. The van der Waals surface area contributed by atoms with E-state index in [2.05, 4.69) is 31.7 Å². The topological polar surface area (TPSA) is 35.9 Å². The summed E-state index contributed by atoms with van der Waals surface area (Å²) in [5.41, 5.74) is -7.34. The van der Waals surface area contributed by atoms with Gasteiger partial charge in [-0.1, -0.05) is 208 Å². The molecule has 0 atom stereocenters. The summed E-state index contributed by atoms with van der Waals surface area (Å²) in [6.45, 7) is 7.61. The maximum atomic E-state index is 10.5. The van der Waals surface area contributed by atoms with Crippen LogP contribution in [0, 0.1) is 13.3 Å². The van der Waals surface area contributed by atoms with Gasteiger partial charge in [-0.15, -0.1) is 0 Å². The highest BCUT2D eigenvalue weighted by molar-refractivity contribution is 6.09. The lowest BCUT2D eigenvalue weighted by molar-refractivity contribution is -0.571. The van der Waals surface area contributed by atoms with Crippen LogP contribution in [-0.2, 0) is 5.41 Å². The van der Waals surface area contributed by atoms with Crippen molar-refractivity contribution in [2.75, 3.05) is 0 Å². The number of benzene rings is 11. The van der Waals surface area contributed by atoms with E-state index in [-0.39, 0.29) is 33.4 Å². The monoisotopic (exact) mass is 1080 g/mol. The molecule has 0 fully saturated rings. The average Bonchev–Trinajstić information content (AvgIpc) is 1.27. The lowest BCUT2D eigenvalue weighted by Gasteiger charge is -2.20. The second kappa shape index (κ2) is 20.7. The van der Waals surface area contributed by atoms with Crippen LogP contribution in [0.5, 0.6) is 11.5 Å². The molecule has 0 aliphatic rings. The molecule has 14 aromatic rings. The first-order chi connectivity index (χ1) is 51.4. The lowest BCUT2D eigenvalue weighted by atomic mass is 9.88. The summed E-state index contributed by atoms with van der Waals surface area (Å²) in [6.07, 6.45) is 5.06. The van der Waals surface area contributed by atoms with Crippen molar-refractivity contribution in [1.29, 1.82) is 0 Å². The Morgan fingerprint density at radius 1 is 0.463 bits per heavy atom. The van der Waals surface area contributed by atoms with Crippen molar-refractivity contribution in [1.82, 2.24) is 14.1 Å². The predicted molar refractivity (Wildman–Crippen MR) is 338 cm³/mol. The van der Waals surface area contributed by atoms with Crippen molar-refractivity contribution in [2.45, 2.75) is 33.1 Å². The molecule has 392 valence electrons. The number of ether oxygens (including phenoxy) is 1. The minimum atomic E-state index is -1.10. The molecular weight excluding hydrogens is 997 g/mol. The van der Waals surface area contributed by atoms with E-state index in [0.29, 0.717) is 11.6 Å². The maximum Gasteiger partial charge on any atom is 0.269 e. The smallest absolute Gasteiger partial charge is 0.269 e. The minimum absolute atomic E-state index is 0.0509. The Bertz CT molecular complexity index is 6170. The third-order valence-corrected chi connectivity index (χ3v) is 13.8. The maximum absolute atomic E-state index is 10.5. The molecule has 0 saturated heterocycles. The van der Waals surface area contributed by atoms with E-state index < -0.39 is 236 Å². The molecule has 11 aromatic carbocycles. The molecule has 0 radical (unpaired) electrons. The fraction of sp³-hybridized carbons (Fsp3) is 0.0649. The van der Waals surface area contributed by atoms with Crippen LogP contribution in [0.15, 0.2) is 279 Å². The highest BCUT2D eigenvalue weighted by Gasteiger charge is 2.23. The molecule has 0 amide bonds. The van der Waals surface area contributed by atoms with Crippen LogP contribution >= 0.6 is 0 Å². The average molecular weight is 1080 g/mol. The molecule has 0 spiro atoms. The van der Waals surface area contributed by atoms with Crippen molar-refractivity contribution in [2.24, 2.45) is 0 Å². The Kier molecular flexibility index (Phi) is 7.24. The SMILES string of the molecule is [2H]c1c([2H])c([2H])c(-c2cc(-c3c([2H])c([2H])c([2H])c(-c4c([2H])c(-c5c([2H])c([2H])c([2H])c([2H])c5[2H])c([2H])c(-c5c([2H])c([2H])c(C)c([2H])c5[2H])c4[2H])c3-[n+]3[c-]n(-c4cccc(Oc5ccc6c7ccccc7n(-c7cc(C(C)(C)C)ccn7)c6c5)c4)c4ccccc43)c([2H])c(-c3c([2H])c([2H])c([2H])c([2H])c3[2H])c2[2H])c([2H])c1[2H]. The van der Waals surface area contributed by atoms with Crippen LogP contribution in [-0.4, -0.2) is 14.1 Å². The highest BCUT2D eigenvalue weighted by Crippen LogP contribution is 2.42. The Balaban J connectivity index is 1.13. The van der Waals surface area contributed by atoms with Gasteiger partial charge in [-0.05, 0) is 169 Å². The van der Waals surface area contributed by atoms with Gasteiger partial charge in [-0.2, -0.15) is 0 Å². The highest BCUT2D eigenvalue weighted by atomic mass is 16.5. The largest absolute Gasteiger partial charge is 0.458 e. The van der Waals surface area contributed by atoms with Crippen molar-refractivity contribution >= 4 is 32.8 Å². The van der Waals surface area contributed by atoms with Crippen molar-refractivity contribution in [3.8, 4) is 95.5 Å². The van der Waals surface area contributed by atoms with Crippen LogP contribution in [0.25, 0.3) is 117 Å². The molecule has 0 aliphatic carbocycles. The fourth-order valence-corrected chi connectivity index (χ4v) is 9.90. The van der Waals surface area contributed by atoms with E-state index in [4.69, 9.17) is 24.8 Å². The number of pyridine rings is 1. The fourth-order valence-electron chi connectivity index (χ4n) is 9.90. The second-order valence-corrected chi connectivity index (χ2v) is 20.1. The normalized spacial score (nSPS) is 16.3. The van der Waals surface area contributed by atoms with Crippen LogP contribution in [0.3, 0.4) is 0 Å². The van der Waals surface area contributed by atoms with E-state index in [9.17, 15) is 21.9 Å². The van der Waals surface area contributed by atoms with Gasteiger partial charge in [-0.25, -0.2) is 4.98 Å². The first kappa shape index (κ1) is 28.7. The van der Waals surface area contributed by atoms with Gasteiger partial charge in [0.05, 0.1) is 70.5 Å². The summed E-state index contributed by atoms with van der Waals surface area (Å²) < 4.78 is 265. The molecule has 5 nitrogen and oxygen atoms in total. The number of para-hydroxylation sites is 4.